The summed E-state index contributed by atoms with van der Waals surface area (Å²) in [5.74, 6) is -1.30. The van der Waals surface area contributed by atoms with E-state index in [0.717, 1.165) is 15.6 Å². The molecule has 0 aromatic heterocycles. The van der Waals surface area contributed by atoms with Crippen LogP contribution in [-0.2, 0) is 22.6 Å². The summed E-state index contributed by atoms with van der Waals surface area (Å²) >= 11 is 3.38. The number of ketones is 1. The van der Waals surface area contributed by atoms with Gasteiger partial charge >= 0.3 is 5.97 Å². The molecular formula is C17H13BrO3. The number of hydrogen-bond donors (Lipinski definition) is 0. The average Bonchev–Trinajstić information content (AvgIpc) is 2.82. The molecule has 0 fully saturated rings. The third-order valence-electron chi connectivity index (χ3n) is 3.58. The summed E-state index contributed by atoms with van der Waals surface area (Å²) in [6.07, 6.45) is 0.418. The Morgan fingerprint density at radius 1 is 1.19 bits per heavy atom. The van der Waals surface area contributed by atoms with Gasteiger partial charge in [-0.1, -0.05) is 46.3 Å². The minimum Gasteiger partial charge on any atom is -0.460 e. The first-order valence-electron chi connectivity index (χ1n) is 6.68. The molecule has 1 atom stereocenters. The maximum absolute atomic E-state index is 12.2. The smallest absolute Gasteiger partial charge is 0.317 e. The van der Waals surface area contributed by atoms with Crippen molar-refractivity contribution >= 4 is 27.7 Å². The van der Waals surface area contributed by atoms with E-state index >= 15 is 0 Å². The molecule has 1 aliphatic carbocycles. The lowest BCUT2D eigenvalue weighted by atomic mass is 10.1. The van der Waals surface area contributed by atoms with Gasteiger partial charge in [0.25, 0.3) is 0 Å². The highest BCUT2D eigenvalue weighted by Gasteiger charge is 2.36. The van der Waals surface area contributed by atoms with E-state index < -0.39 is 11.9 Å². The van der Waals surface area contributed by atoms with Gasteiger partial charge in [-0.3, -0.25) is 9.59 Å². The fourth-order valence-corrected chi connectivity index (χ4v) is 2.90. The third kappa shape index (κ3) is 2.90. The molecule has 0 aliphatic heterocycles. The van der Waals surface area contributed by atoms with E-state index in [1.165, 1.54) is 0 Å². The molecule has 4 heteroatoms. The van der Waals surface area contributed by atoms with E-state index in [1.807, 2.05) is 42.5 Å². The van der Waals surface area contributed by atoms with Gasteiger partial charge in [0.05, 0.1) is 0 Å². The van der Waals surface area contributed by atoms with Crippen molar-refractivity contribution in [1.29, 1.82) is 0 Å². The van der Waals surface area contributed by atoms with E-state index in [1.54, 1.807) is 6.07 Å². The molecule has 21 heavy (non-hydrogen) atoms. The van der Waals surface area contributed by atoms with Crippen molar-refractivity contribution in [2.45, 2.75) is 13.0 Å². The van der Waals surface area contributed by atoms with Crippen LogP contribution in [0.1, 0.15) is 21.5 Å². The second-order valence-electron chi connectivity index (χ2n) is 5.02. The Hall–Kier alpha value is -1.94. The number of ether oxygens (including phenoxy) is 1. The second kappa shape index (κ2) is 5.82. The molecule has 0 radical (unpaired) electrons. The lowest BCUT2D eigenvalue weighted by Gasteiger charge is -2.08. The monoisotopic (exact) mass is 344 g/mol. The maximum atomic E-state index is 12.2. The van der Waals surface area contributed by atoms with E-state index in [2.05, 4.69) is 15.9 Å². The third-order valence-corrected chi connectivity index (χ3v) is 4.07. The fraction of sp³-hybridized carbons (Fsp3) is 0.176. The van der Waals surface area contributed by atoms with Gasteiger partial charge in [-0.05, 0) is 35.7 Å². The summed E-state index contributed by atoms with van der Waals surface area (Å²) in [4.78, 5) is 24.4. The van der Waals surface area contributed by atoms with Crippen LogP contribution in [0, 0.1) is 5.92 Å². The number of hydrogen-bond acceptors (Lipinski definition) is 3. The Bertz CT molecular complexity index is 694. The first-order chi connectivity index (χ1) is 10.1. The van der Waals surface area contributed by atoms with E-state index in [4.69, 9.17) is 4.74 Å². The van der Waals surface area contributed by atoms with Crippen LogP contribution >= 0.6 is 15.9 Å². The molecule has 0 bridgehead atoms. The van der Waals surface area contributed by atoms with Crippen LogP contribution in [-0.4, -0.2) is 11.8 Å². The highest BCUT2D eigenvalue weighted by Crippen LogP contribution is 2.30. The Balaban J connectivity index is 1.68. The summed E-state index contributed by atoms with van der Waals surface area (Å²) in [7, 11) is 0. The zero-order chi connectivity index (χ0) is 14.8. The standard InChI is InChI=1S/C17H13BrO3/c18-13-6-7-14-12(8-13)9-15(16(14)19)17(20)21-10-11-4-2-1-3-5-11/h1-8,15H,9-10H2. The largest absolute Gasteiger partial charge is 0.460 e. The first-order valence-corrected chi connectivity index (χ1v) is 7.47. The number of fused-ring (bicyclic) bond motifs is 1. The summed E-state index contributed by atoms with van der Waals surface area (Å²) in [5.41, 5.74) is 2.44. The number of carbonyl (C=O) groups is 2. The molecule has 0 saturated carbocycles. The van der Waals surface area contributed by atoms with Crippen LogP contribution < -0.4 is 0 Å². The Morgan fingerprint density at radius 3 is 2.71 bits per heavy atom. The van der Waals surface area contributed by atoms with Gasteiger partial charge in [0, 0.05) is 10.0 Å². The number of esters is 1. The second-order valence-corrected chi connectivity index (χ2v) is 5.93. The van der Waals surface area contributed by atoms with E-state index in [9.17, 15) is 9.59 Å². The lowest BCUT2D eigenvalue weighted by Crippen LogP contribution is -2.23. The number of halogens is 1. The van der Waals surface area contributed by atoms with Crippen LogP contribution in [0.2, 0.25) is 0 Å². The molecule has 0 amide bonds. The Labute approximate surface area is 131 Å². The van der Waals surface area contributed by atoms with Gasteiger partial charge < -0.3 is 4.74 Å². The summed E-state index contributed by atoms with van der Waals surface area (Å²) < 4.78 is 6.18. The molecule has 1 unspecified atom stereocenters. The molecule has 0 spiro atoms. The maximum Gasteiger partial charge on any atom is 0.317 e. The molecule has 0 N–H and O–H groups in total. The van der Waals surface area contributed by atoms with Gasteiger partial charge in [-0.25, -0.2) is 0 Å². The predicted molar refractivity (Wildman–Crippen MR) is 81.9 cm³/mol. The summed E-state index contributed by atoms with van der Waals surface area (Å²) in [6, 6.07) is 14.9. The van der Waals surface area contributed by atoms with Gasteiger partial charge in [0.15, 0.2) is 5.78 Å². The highest BCUT2D eigenvalue weighted by atomic mass is 79.9. The van der Waals surface area contributed by atoms with E-state index in [-0.39, 0.29) is 12.4 Å². The molecule has 2 aromatic carbocycles. The zero-order valence-electron chi connectivity index (χ0n) is 11.2. The van der Waals surface area contributed by atoms with Crippen LogP contribution in [0.25, 0.3) is 0 Å². The SMILES string of the molecule is O=C(OCc1ccccc1)C1Cc2cc(Br)ccc2C1=O. The van der Waals surface area contributed by atoms with Gasteiger partial charge in [0.1, 0.15) is 12.5 Å². The minimum absolute atomic E-state index is 0.143. The lowest BCUT2D eigenvalue weighted by molar-refractivity contribution is -0.147. The first kappa shape index (κ1) is 14.0. The number of rotatable bonds is 3. The molecule has 1 aliphatic rings. The molecule has 0 heterocycles. The van der Waals surface area contributed by atoms with Crippen molar-refractivity contribution in [3.63, 3.8) is 0 Å². The zero-order valence-corrected chi connectivity index (χ0v) is 12.8. The van der Waals surface area contributed by atoms with Crippen LogP contribution in [0.4, 0.5) is 0 Å². The molecule has 3 nitrogen and oxygen atoms in total. The van der Waals surface area contributed by atoms with Gasteiger partial charge in [0.2, 0.25) is 0 Å². The predicted octanol–water partition coefficient (Wildman–Crippen LogP) is 3.55. The number of Topliss-reactive ketones (excluding diaryl/α,β-unsaturated/α-hetero) is 1. The fourth-order valence-electron chi connectivity index (χ4n) is 2.49. The van der Waals surface area contributed by atoms with Crippen LogP contribution in [0.3, 0.4) is 0 Å². The number of carbonyl (C=O) groups excluding carboxylic acids is 2. The van der Waals surface area contributed by atoms with E-state index in [0.29, 0.717) is 12.0 Å². The normalized spacial score (nSPS) is 16.6. The molecule has 2 aromatic rings. The van der Waals surface area contributed by atoms with Crippen LogP contribution in [0.15, 0.2) is 53.0 Å². The van der Waals surface area contributed by atoms with Crippen molar-refractivity contribution in [2.75, 3.05) is 0 Å². The molecule has 0 saturated heterocycles. The quantitative estimate of drug-likeness (QED) is 0.631. The van der Waals surface area contributed by atoms with Crippen molar-refractivity contribution in [3.8, 4) is 0 Å². The van der Waals surface area contributed by atoms with Crippen molar-refractivity contribution in [1.82, 2.24) is 0 Å². The summed E-state index contributed by atoms with van der Waals surface area (Å²) in [5, 5.41) is 0. The van der Waals surface area contributed by atoms with Crippen molar-refractivity contribution < 1.29 is 14.3 Å². The summed E-state index contributed by atoms with van der Waals surface area (Å²) in [6.45, 7) is 0.198. The highest BCUT2D eigenvalue weighted by molar-refractivity contribution is 9.10. The van der Waals surface area contributed by atoms with Gasteiger partial charge in [-0.15, -0.1) is 0 Å². The minimum atomic E-state index is -0.710. The topological polar surface area (TPSA) is 43.4 Å². The van der Waals surface area contributed by atoms with Gasteiger partial charge in [-0.2, -0.15) is 0 Å². The average molecular weight is 345 g/mol. The molecular weight excluding hydrogens is 332 g/mol. The molecule has 106 valence electrons. The molecule has 3 rings (SSSR count). The van der Waals surface area contributed by atoms with Crippen molar-refractivity contribution in [3.05, 3.63) is 69.7 Å². The Morgan fingerprint density at radius 2 is 1.95 bits per heavy atom. The Kier molecular flexibility index (Phi) is 3.88. The van der Waals surface area contributed by atoms with Crippen molar-refractivity contribution in [2.24, 2.45) is 5.92 Å². The van der Waals surface area contributed by atoms with Crippen LogP contribution in [0.5, 0.6) is 0 Å². The number of benzene rings is 2.